The standard InChI is InChI=1S/C20H32N2O/c1-20(2,23)11-10-17-6-8-18(9-7-17)15-21-13-14-22-12-4-3-5-19(22)16-21/h6-9,19,23H,3-5,10-16H2,1-2H3. The molecule has 2 saturated heterocycles. The maximum absolute atomic E-state index is 9.83. The van der Waals surface area contributed by atoms with Crippen molar-refractivity contribution in [2.24, 2.45) is 0 Å². The van der Waals surface area contributed by atoms with Gasteiger partial charge in [0, 0.05) is 32.2 Å². The lowest BCUT2D eigenvalue weighted by Gasteiger charge is -2.44. The van der Waals surface area contributed by atoms with Crippen LogP contribution < -0.4 is 0 Å². The molecule has 1 aromatic carbocycles. The largest absolute Gasteiger partial charge is 0.390 e. The van der Waals surface area contributed by atoms with E-state index < -0.39 is 5.60 Å². The number of fused-ring (bicyclic) bond motifs is 1. The minimum Gasteiger partial charge on any atom is -0.390 e. The number of aliphatic hydroxyl groups is 1. The van der Waals surface area contributed by atoms with Crippen LogP contribution in [-0.2, 0) is 13.0 Å². The van der Waals surface area contributed by atoms with Crippen LogP contribution >= 0.6 is 0 Å². The van der Waals surface area contributed by atoms with Crippen molar-refractivity contribution in [2.45, 2.75) is 64.1 Å². The van der Waals surface area contributed by atoms with Crippen LogP contribution in [0.4, 0.5) is 0 Å². The fraction of sp³-hybridized carbons (Fsp3) is 0.700. The van der Waals surface area contributed by atoms with Crippen molar-refractivity contribution in [1.82, 2.24) is 9.80 Å². The number of benzene rings is 1. The lowest BCUT2D eigenvalue weighted by molar-refractivity contribution is 0.0457. The Morgan fingerprint density at radius 1 is 1.04 bits per heavy atom. The van der Waals surface area contributed by atoms with Crippen molar-refractivity contribution in [3.8, 4) is 0 Å². The normalized spacial score (nSPS) is 23.7. The number of rotatable bonds is 5. The number of hydrogen-bond acceptors (Lipinski definition) is 3. The molecule has 0 saturated carbocycles. The van der Waals surface area contributed by atoms with Gasteiger partial charge in [0.1, 0.15) is 0 Å². The molecule has 23 heavy (non-hydrogen) atoms. The van der Waals surface area contributed by atoms with E-state index in [1.165, 1.54) is 56.6 Å². The maximum Gasteiger partial charge on any atom is 0.0594 e. The van der Waals surface area contributed by atoms with Crippen LogP contribution in [0.15, 0.2) is 24.3 Å². The molecule has 1 atom stereocenters. The Labute approximate surface area is 141 Å². The third-order valence-corrected chi connectivity index (χ3v) is 5.38. The van der Waals surface area contributed by atoms with Gasteiger partial charge in [-0.15, -0.1) is 0 Å². The first-order chi connectivity index (χ1) is 11.0. The summed E-state index contributed by atoms with van der Waals surface area (Å²) in [5.74, 6) is 0. The monoisotopic (exact) mass is 316 g/mol. The molecule has 1 N–H and O–H groups in total. The third kappa shape index (κ3) is 5.03. The van der Waals surface area contributed by atoms with Gasteiger partial charge in [-0.2, -0.15) is 0 Å². The molecule has 1 unspecified atom stereocenters. The predicted octanol–water partition coefficient (Wildman–Crippen LogP) is 3.06. The van der Waals surface area contributed by atoms with Crippen molar-refractivity contribution in [2.75, 3.05) is 26.2 Å². The molecule has 128 valence electrons. The Kier molecular flexibility index (Phi) is 5.40. The summed E-state index contributed by atoms with van der Waals surface area (Å²) < 4.78 is 0. The molecule has 0 spiro atoms. The molecular formula is C20H32N2O. The van der Waals surface area contributed by atoms with Crippen molar-refractivity contribution in [3.05, 3.63) is 35.4 Å². The summed E-state index contributed by atoms with van der Waals surface area (Å²) in [7, 11) is 0. The molecule has 2 aliphatic rings. The van der Waals surface area contributed by atoms with Gasteiger partial charge in [-0.25, -0.2) is 0 Å². The highest BCUT2D eigenvalue weighted by molar-refractivity contribution is 5.23. The van der Waals surface area contributed by atoms with Crippen LogP contribution in [0, 0.1) is 0 Å². The number of piperidine rings is 1. The number of hydrogen-bond donors (Lipinski definition) is 1. The van der Waals surface area contributed by atoms with Gasteiger partial charge in [-0.1, -0.05) is 30.7 Å². The van der Waals surface area contributed by atoms with Gasteiger partial charge in [0.15, 0.2) is 0 Å². The second kappa shape index (κ2) is 7.33. The maximum atomic E-state index is 9.83. The van der Waals surface area contributed by atoms with E-state index in [-0.39, 0.29) is 0 Å². The molecule has 0 amide bonds. The average Bonchev–Trinajstić information content (AvgIpc) is 2.53. The van der Waals surface area contributed by atoms with Crippen molar-refractivity contribution in [3.63, 3.8) is 0 Å². The van der Waals surface area contributed by atoms with E-state index in [2.05, 4.69) is 34.1 Å². The van der Waals surface area contributed by atoms with Gasteiger partial charge in [0.2, 0.25) is 0 Å². The molecule has 2 fully saturated rings. The van der Waals surface area contributed by atoms with Crippen LogP contribution in [0.25, 0.3) is 0 Å². The molecule has 0 bridgehead atoms. The predicted molar refractivity (Wildman–Crippen MR) is 95.5 cm³/mol. The van der Waals surface area contributed by atoms with Gasteiger partial charge >= 0.3 is 0 Å². The zero-order chi connectivity index (χ0) is 16.3. The Bertz CT molecular complexity index is 491. The molecule has 3 nitrogen and oxygen atoms in total. The van der Waals surface area contributed by atoms with E-state index in [4.69, 9.17) is 0 Å². The SMILES string of the molecule is CC(C)(O)CCc1ccc(CN2CCN3CCCCC3C2)cc1. The van der Waals surface area contributed by atoms with Gasteiger partial charge in [0.25, 0.3) is 0 Å². The zero-order valence-electron chi connectivity index (χ0n) is 14.8. The lowest BCUT2D eigenvalue weighted by Crippen LogP contribution is -2.54. The summed E-state index contributed by atoms with van der Waals surface area (Å²) in [6.45, 7) is 9.84. The highest BCUT2D eigenvalue weighted by Gasteiger charge is 2.28. The highest BCUT2D eigenvalue weighted by Crippen LogP contribution is 2.22. The second-order valence-electron chi connectivity index (χ2n) is 8.05. The quantitative estimate of drug-likeness (QED) is 0.904. The van der Waals surface area contributed by atoms with Crippen LogP contribution in [0.3, 0.4) is 0 Å². The number of nitrogens with zero attached hydrogens (tertiary/aromatic N) is 2. The average molecular weight is 316 g/mol. The summed E-state index contributed by atoms with van der Waals surface area (Å²) in [5.41, 5.74) is 2.17. The Hall–Kier alpha value is -0.900. The van der Waals surface area contributed by atoms with E-state index in [1.54, 1.807) is 0 Å². The first-order valence-corrected chi connectivity index (χ1v) is 9.26. The summed E-state index contributed by atoms with van der Waals surface area (Å²) >= 11 is 0. The van der Waals surface area contributed by atoms with E-state index in [9.17, 15) is 5.11 Å². The van der Waals surface area contributed by atoms with Crippen molar-refractivity contribution >= 4 is 0 Å². The first kappa shape index (κ1) is 16.9. The molecular weight excluding hydrogens is 284 g/mol. The fourth-order valence-corrected chi connectivity index (χ4v) is 3.88. The van der Waals surface area contributed by atoms with Crippen molar-refractivity contribution < 1.29 is 5.11 Å². The molecule has 1 aromatic rings. The smallest absolute Gasteiger partial charge is 0.0594 e. The van der Waals surface area contributed by atoms with Crippen LogP contribution in [0.5, 0.6) is 0 Å². The summed E-state index contributed by atoms with van der Waals surface area (Å²) in [4.78, 5) is 5.32. The molecule has 3 rings (SSSR count). The minimum atomic E-state index is -0.571. The second-order valence-corrected chi connectivity index (χ2v) is 8.05. The molecule has 0 aliphatic carbocycles. The zero-order valence-corrected chi connectivity index (χ0v) is 14.8. The fourth-order valence-electron chi connectivity index (χ4n) is 3.88. The molecule has 3 heteroatoms. The van der Waals surface area contributed by atoms with Gasteiger partial charge in [0.05, 0.1) is 5.60 Å². The van der Waals surface area contributed by atoms with E-state index >= 15 is 0 Å². The van der Waals surface area contributed by atoms with Crippen molar-refractivity contribution in [1.29, 1.82) is 0 Å². The van der Waals surface area contributed by atoms with Crippen LogP contribution in [0.1, 0.15) is 50.7 Å². The van der Waals surface area contributed by atoms with E-state index in [0.29, 0.717) is 0 Å². The Morgan fingerprint density at radius 3 is 2.52 bits per heavy atom. The lowest BCUT2D eigenvalue weighted by atomic mass is 9.97. The molecule has 2 aliphatic heterocycles. The van der Waals surface area contributed by atoms with Gasteiger partial charge in [-0.05, 0) is 57.2 Å². The third-order valence-electron chi connectivity index (χ3n) is 5.38. The summed E-state index contributed by atoms with van der Waals surface area (Å²) in [6.07, 6.45) is 5.94. The highest BCUT2D eigenvalue weighted by atomic mass is 16.3. The van der Waals surface area contributed by atoms with Gasteiger partial charge in [-0.3, -0.25) is 9.80 Å². The number of aryl methyl sites for hydroxylation is 1. The summed E-state index contributed by atoms with van der Waals surface area (Å²) in [6, 6.07) is 9.80. The summed E-state index contributed by atoms with van der Waals surface area (Å²) in [5, 5.41) is 9.83. The molecule has 0 radical (unpaired) electrons. The number of piperazine rings is 1. The van der Waals surface area contributed by atoms with E-state index in [1.807, 2.05) is 13.8 Å². The van der Waals surface area contributed by atoms with Crippen LogP contribution in [0.2, 0.25) is 0 Å². The molecule has 2 heterocycles. The van der Waals surface area contributed by atoms with Crippen LogP contribution in [-0.4, -0.2) is 52.7 Å². The topological polar surface area (TPSA) is 26.7 Å². The Balaban J connectivity index is 1.50. The first-order valence-electron chi connectivity index (χ1n) is 9.26. The molecule has 0 aromatic heterocycles. The van der Waals surface area contributed by atoms with E-state index in [0.717, 1.165) is 25.4 Å². The Morgan fingerprint density at radius 2 is 1.78 bits per heavy atom. The minimum absolute atomic E-state index is 0.571. The van der Waals surface area contributed by atoms with Gasteiger partial charge < -0.3 is 5.11 Å².